The molecular weight excluding hydrogens is 218 g/mol. The van der Waals surface area contributed by atoms with E-state index < -0.39 is 0 Å². The first-order valence-electron chi connectivity index (χ1n) is 6.17. The minimum atomic E-state index is -0.203. The number of carbonyl (C=O) groups is 2. The summed E-state index contributed by atoms with van der Waals surface area (Å²) in [5.74, 6) is -0.179. The smallest absolute Gasteiger partial charge is 0.239 e. The lowest BCUT2D eigenvalue weighted by Gasteiger charge is -2.27. The molecule has 5 nitrogen and oxygen atoms in total. The van der Waals surface area contributed by atoms with Crippen LogP contribution in [0.2, 0.25) is 0 Å². The number of likely N-dealkylation sites (N-methyl/N-ethyl adjacent to an activating group) is 1. The molecule has 1 unspecified atom stereocenters. The first kappa shape index (κ1) is 15.9. The molecule has 0 heterocycles. The van der Waals surface area contributed by atoms with Gasteiger partial charge in [-0.1, -0.05) is 20.8 Å². The van der Waals surface area contributed by atoms with E-state index in [0.29, 0.717) is 13.1 Å². The molecule has 0 radical (unpaired) electrons. The summed E-state index contributed by atoms with van der Waals surface area (Å²) in [6.07, 6.45) is 0.831. The Balaban J connectivity index is 4.67. The van der Waals surface area contributed by atoms with Gasteiger partial charge in [0.05, 0.1) is 12.5 Å². The Labute approximate surface area is 104 Å². The molecule has 0 bridgehead atoms. The number of hydrogen-bond acceptors (Lipinski definition) is 3. The van der Waals surface area contributed by atoms with Crippen LogP contribution < -0.4 is 11.1 Å². The van der Waals surface area contributed by atoms with Crippen LogP contribution in [0.1, 0.15) is 27.2 Å². The van der Waals surface area contributed by atoms with Crippen molar-refractivity contribution in [2.75, 3.05) is 26.7 Å². The summed E-state index contributed by atoms with van der Waals surface area (Å²) in [7, 11) is 1.57. The highest BCUT2D eigenvalue weighted by molar-refractivity contribution is 5.86. The fraction of sp³-hybridized carbons (Fsp3) is 0.833. The maximum absolute atomic E-state index is 12.2. The number of rotatable bonds is 7. The van der Waals surface area contributed by atoms with Crippen LogP contribution in [0.4, 0.5) is 0 Å². The summed E-state index contributed by atoms with van der Waals surface area (Å²) in [6, 6.07) is 0. The van der Waals surface area contributed by atoms with Gasteiger partial charge in [0.15, 0.2) is 0 Å². The first-order valence-corrected chi connectivity index (χ1v) is 6.17. The van der Waals surface area contributed by atoms with Crippen molar-refractivity contribution in [3.05, 3.63) is 0 Å². The van der Waals surface area contributed by atoms with Gasteiger partial charge in [-0.05, 0) is 12.3 Å². The van der Waals surface area contributed by atoms with E-state index in [-0.39, 0.29) is 30.2 Å². The maximum Gasteiger partial charge on any atom is 0.239 e. The van der Waals surface area contributed by atoms with Crippen molar-refractivity contribution in [1.29, 1.82) is 0 Å². The second-order valence-electron chi connectivity index (χ2n) is 4.52. The van der Waals surface area contributed by atoms with E-state index in [0.717, 1.165) is 6.42 Å². The molecule has 0 rings (SSSR count). The van der Waals surface area contributed by atoms with Gasteiger partial charge in [0.25, 0.3) is 0 Å². The molecule has 3 N–H and O–H groups in total. The Morgan fingerprint density at radius 3 is 2.29 bits per heavy atom. The lowest BCUT2D eigenvalue weighted by Crippen LogP contribution is -2.45. The highest BCUT2D eigenvalue weighted by Crippen LogP contribution is 2.13. The zero-order valence-corrected chi connectivity index (χ0v) is 11.3. The van der Waals surface area contributed by atoms with Crippen LogP contribution in [0.15, 0.2) is 0 Å². The lowest BCUT2D eigenvalue weighted by atomic mass is 9.94. The van der Waals surface area contributed by atoms with Crippen molar-refractivity contribution < 1.29 is 9.59 Å². The molecule has 0 aliphatic rings. The fourth-order valence-corrected chi connectivity index (χ4v) is 1.68. The van der Waals surface area contributed by atoms with Crippen LogP contribution in [-0.4, -0.2) is 43.4 Å². The highest BCUT2D eigenvalue weighted by atomic mass is 16.2. The number of nitrogens with one attached hydrogen (secondary N) is 1. The standard InChI is InChI=1S/C12H25N3O2/c1-5-6-15(8-11(16)14-4)12(17)10(7-13)9(2)3/h9-10H,5-8,13H2,1-4H3,(H,14,16). The largest absolute Gasteiger partial charge is 0.358 e. The summed E-state index contributed by atoms with van der Waals surface area (Å²) in [4.78, 5) is 25.2. The molecule has 5 heteroatoms. The van der Waals surface area contributed by atoms with Crippen molar-refractivity contribution in [2.45, 2.75) is 27.2 Å². The lowest BCUT2D eigenvalue weighted by molar-refractivity contribution is -0.140. The van der Waals surface area contributed by atoms with Crippen molar-refractivity contribution in [3.63, 3.8) is 0 Å². The molecule has 0 aromatic heterocycles. The monoisotopic (exact) mass is 243 g/mol. The molecule has 0 fully saturated rings. The van der Waals surface area contributed by atoms with Crippen LogP contribution in [0, 0.1) is 11.8 Å². The summed E-state index contributed by atoms with van der Waals surface area (Å²) in [5, 5.41) is 2.53. The molecule has 17 heavy (non-hydrogen) atoms. The summed E-state index contributed by atoms with van der Waals surface area (Å²) < 4.78 is 0. The van der Waals surface area contributed by atoms with E-state index >= 15 is 0 Å². The zero-order chi connectivity index (χ0) is 13.4. The van der Waals surface area contributed by atoms with Gasteiger partial charge >= 0.3 is 0 Å². The van der Waals surface area contributed by atoms with E-state index in [1.165, 1.54) is 0 Å². The summed E-state index contributed by atoms with van der Waals surface area (Å²) in [5.41, 5.74) is 5.62. The molecule has 0 aromatic carbocycles. The van der Waals surface area contributed by atoms with E-state index in [4.69, 9.17) is 5.73 Å². The molecule has 0 spiro atoms. The summed E-state index contributed by atoms with van der Waals surface area (Å²) in [6.45, 7) is 6.96. The third kappa shape index (κ3) is 5.17. The van der Waals surface area contributed by atoms with E-state index in [2.05, 4.69) is 5.32 Å². The first-order chi connectivity index (χ1) is 7.97. The Morgan fingerprint density at radius 1 is 1.35 bits per heavy atom. The predicted molar refractivity (Wildman–Crippen MR) is 68.3 cm³/mol. The van der Waals surface area contributed by atoms with Gasteiger partial charge in [0.2, 0.25) is 11.8 Å². The predicted octanol–water partition coefficient (Wildman–Crippen LogP) is 0.202. The quantitative estimate of drug-likeness (QED) is 0.671. The third-order valence-corrected chi connectivity index (χ3v) is 2.79. The topological polar surface area (TPSA) is 75.4 Å². The van der Waals surface area contributed by atoms with Crippen molar-refractivity contribution in [1.82, 2.24) is 10.2 Å². The number of carbonyl (C=O) groups excluding carboxylic acids is 2. The number of hydrogen-bond donors (Lipinski definition) is 2. The van der Waals surface area contributed by atoms with Crippen LogP contribution >= 0.6 is 0 Å². The van der Waals surface area contributed by atoms with Gasteiger partial charge in [-0.15, -0.1) is 0 Å². The molecule has 0 aliphatic heterocycles. The fourth-order valence-electron chi connectivity index (χ4n) is 1.68. The molecule has 0 aromatic rings. The Hall–Kier alpha value is -1.10. The maximum atomic E-state index is 12.2. The van der Waals surface area contributed by atoms with Gasteiger partial charge in [-0.2, -0.15) is 0 Å². The molecule has 0 aliphatic carbocycles. The molecule has 0 saturated carbocycles. The Morgan fingerprint density at radius 2 is 1.94 bits per heavy atom. The molecular formula is C12H25N3O2. The van der Waals surface area contributed by atoms with Crippen LogP contribution in [0.25, 0.3) is 0 Å². The van der Waals surface area contributed by atoms with Gasteiger partial charge in [-0.25, -0.2) is 0 Å². The number of nitrogens with two attached hydrogens (primary N) is 1. The van der Waals surface area contributed by atoms with Crippen LogP contribution in [-0.2, 0) is 9.59 Å². The number of nitrogens with zero attached hydrogens (tertiary/aromatic N) is 1. The molecule has 1 atom stereocenters. The van der Waals surface area contributed by atoms with E-state index in [1.807, 2.05) is 20.8 Å². The molecule has 0 saturated heterocycles. The molecule has 100 valence electrons. The van der Waals surface area contributed by atoms with Crippen LogP contribution in [0.5, 0.6) is 0 Å². The second kappa shape index (κ2) is 8.06. The van der Waals surface area contributed by atoms with Gasteiger partial charge in [-0.3, -0.25) is 9.59 Å². The minimum Gasteiger partial charge on any atom is -0.358 e. The van der Waals surface area contributed by atoms with Gasteiger partial charge < -0.3 is 16.0 Å². The average molecular weight is 243 g/mol. The van der Waals surface area contributed by atoms with Gasteiger partial charge in [0.1, 0.15) is 0 Å². The van der Waals surface area contributed by atoms with Crippen molar-refractivity contribution in [2.24, 2.45) is 17.6 Å². The highest BCUT2D eigenvalue weighted by Gasteiger charge is 2.26. The second-order valence-corrected chi connectivity index (χ2v) is 4.52. The zero-order valence-electron chi connectivity index (χ0n) is 11.3. The average Bonchev–Trinajstić information content (AvgIpc) is 2.28. The Kier molecular flexibility index (Phi) is 7.54. The van der Waals surface area contributed by atoms with Crippen LogP contribution in [0.3, 0.4) is 0 Å². The third-order valence-electron chi connectivity index (χ3n) is 2.79. The SMILES string of the molecule is CCCN(CC(=O)NC)C(=O)C(CN)C(C)C. The Bertz CT molecular complexity index is 254. The molecule has 2 amide bonds. The van der Waals surface area contributed by atoms with E-state index in [1.54, 1.807) is 11.9 Å². The minimum absolute atomic E-state index is 0.0204. The van der Waals surface area contributed by atoms with Crippen molar-refractivity contribution >= 4 is 11.8 Å². The van der Waals surface area contributed by atoms with Crippen molar-refractivity contribution in [3.8, 4) is 0 Å². The normalized spacial score (nSPS) is 12.4. The van der Waals surface area contributed by atoms with E-state index in [9.17, 15) is 9.59 Å². The van der Waals surface area contributed by atoms with Gasteiger partial charge in [0, 0.05) is 20.1 Å². The number of amides is 2. The summed E-state index contributed by atoms with van der Waals surface area (Å²) >= 11 is 0.